The molecule has 18 heavy (non-hydrogen) atoms. The lowest BCUT2D eigenvalue weighted by molar-refractivity contribution is -0.148. The van der Waals surface area contributed by atoms with Crippen molar-refractivity contribution in [1.82, 2.24) is 5.32 Å². The van der Waals surface area contributed by atoms with Crippen LogP contribution in [-0.2, 0) is 9.53 Å². The zero-order valence-corrected chi connectivity index (χ0v) is 9.51. The highest BCUT2D eigenvalue weighted by Gasteiger charge is 2.19. The van der Waals surface area contributed by atoms with Crippen LogP contribution in [0.1, 0.15) is 10.4 Å². The first-order valence-electron chi connectivity index (χ1n) is 4.98. The third-order valence-electron chi connectivity index (χ3n) is 2.21. The van der Waals surface area contributed by atoms with Crippen molar-refractivity contribution >= 4 is 11.9 Å². The van der Waals surface area contributed by atoms with E-state index in [-0.39, 0.29) is 12.1 Å². The molecule has 1 aromatic rings. The molecule has 3 N–H and O–H groups in total. The van der Waals surface area contributed by atoms with Gasteiger partial charge in [0.05, 0.1) is 12.1 Å². The maximum Gasteiger partial charge on any atom is 0.334 e. The van der Waals surface area contributed by atoms with Gasteiger partial charge in [0.2, 0.25) is 0 Å². The number of aromatic hydroxyl groups is 1. The van der Waals surface area contributed by atoms with Crippen LogP contribution in [0.5, 0.6) is 5.75 Å². The van der Waals surface area contributed by atoms with Gasteiger partial charge in [-0.15, -0.1) is 0 Å². The number of ether oxygens (including phenoxy) is 1. The van der Waals surface area contributed by atoms with Crippen LogP contribution in [0.25, 0.3) is 0 Å². The number of phenolic OH excluding ortho intramolecular Hbond substituents is 1. The molecule has 0 fully saturated rings. The predicted molar refractivity (Wildman–Crippen MR) is 58.8 cm³/mol. The summed E-state index contributed by atoms with van der Waals surface area (Å²) in [6.07, 6.45) is -1.20. The van der Waals surface area contributed by atoms with Crippen molar-refractivity contribution in [3.8, 4) is 5.75 Å². The molecule has 1 atom stereocenters. The molecule has 0 bridgehead atoms. The SMILES string of the molecule is COC(CNC(=O)c1cc(F)ccc1O)C(=O)O. The molecule has 0 aliphatic rings. The van der Waals surface area contributed by atoms with Crippen LogP contribution in [0.3, 0.4) is 0 Å². The molecular formula is C11H12FNO5. The number of halogens is 1. The van der Waals surface area contributed by atoms with Gasteiger partial charge in [0.15, 0.2) is 6.10 Å². The van der Waals surface area contributed by atoms with Crippen LogP contribution in [0, 0.1) is 5.82 Å². The van der Waals surface area contributed by atoms with E-state index in [1.165, 1.54) is 7.11 Å². The molecule has 0 aliphatic heterocycles. The van der Waals surface area contributed by atoms with E-state index in [9.17, 15) is 19.1 Å². The maximum absolute atomic E-state index is 12.9. The van der Waals surface area contributed by atoms with Crippen LogP contribution in [-0.4, -0.2) is 41.8 Å². The number of carboxylic acids is 1. The maximum atomic E-state index is 12.9. The number of benzene rings is 1. The molecule has 7 heteroatoms. The van der Waals surface area contributed by atoms with Gasteiger partial charge in [0.25, 0.3) is 5.91 Å². The number of nitrogens with one attached hydrogen (secondary N) is 1. The number of methoxy groups -OCH3 is 1. The van der Waals surface area contributed by atoms with Gasteiger partial charge in [-0.1, -0.05) is 0 Å². The Hall–Kier alpha value is -2.15. The van der Waals surface area contributed by atoms with Crippen molar-refractivity contribution in [3.05, 3.63) is 29.6 Å². The minimum atomic E-state index is -1.23. The van der Waals surface area contributed by atoms with Gasteiger partial charge in [-0.2, -0.15) is 0 Å². The minimum Gasteiger partial charge on any atom is -0.507 e. The summed E-state index contributed by atoms with van der Waals surface area (Å²) >= 11 is 0. The molecule has 98 valence electrons. The summed E-state index contributed by atoms with van der Waals surface area (Å²) in [6.45, 7) is -0.291. The molecule has 1 amide bonds. The molecule has 1 rings (SSSR count). The average Bonchev–Trinajstić information content (AvgIpc) is 2.32. The molecule has 0 heterocycles. The van der Waals surface area contributed by atoms with Gasteiger partial charge in [-0.05, 0) is 18.2 Å². The monoisotopic (exact) mass is 257 g/mol. The van der Waals surface area contributed by atoms with E-state index in [1.54, 1.807) is 0 Å². The lowest BCUT2D eigenvalue weighted by Crippen LogP contribution is -2.37. The van der Waals surface area contributed by atoms with Crippen LogP contribution < -0.4 is 5.32 Å². The van der Waals surface area contributed by atoms with Gasteiger partial charge in [-0.25, -0.2) is 9.18 Å². The Morgan fingerprint density at radius 3 is 2.72 bits per heavy atom. The Labute approximate surface area is 102 Å². The van der Waals surface area contributed by atoms with E-state index in [1.807, 2.05) is 0 Å². The number of hydrogen-bond donors (Lipinski definition) is 3. The molecule has 0 saturated heterocycles. The van der Waals surface area contributed by atoms with E-state index >= 15 is 0 Å². The minimum absolute atomic E-state index is 0.268. The predicted octanol–water partition coefficient (Wildman–Crippen LogP) is 0.361. The second-order valence-electron chi connectivity index (χ2n) is 3.43. The number of aliphatic carboxylic acids is 1. The Balaban J connectivity index is 2.71. The van der Waals surface area contributed by atoms with Crippen molar-refractivity contribution < 1.29 is 28.9 Å². The van der Waals surface area contributed by atoms with E-state index in [2.05, 4.69) is 10.1 Å². The van der Waals surface area contributed by atoms with Crippen LogP contribution in [0.2, 0.25) is 0 Å². The second-order valence-corrected chi connectivity index (χ2v) is 3.43. The molecule has 0 aliphatic carbocycles. The standard InChI is InChI=1S/C11H12FNO5/c1-18-9(11(16)17)5-13-10(15)7-4-6(12)2-3-8(7)14/h2-4,9,14H,5H2,1H3,(H,13,15)(H,16,17). The summed E-state index contributed by atoms with van der Waals surface area (Å²) in [5.41, 5.74) is -0.268. The van der Waals surface area contributed by atoms with E-state index < -0.39 is 29.5 Å². The lowest BCUT2D eigenvalue weighted by Gasteiger charge is -2.12. The molecule has 6 nitrogen and oxygen atoms in total. The summed E-state index contributed by atoms with van der Waals surface area (Å²) in [5, 5.41) is 20.3. The highest BCUT2D eigenvalue weighted by atomic mass is 19.1. The largest absolute Gasteiger partial charge is 0.507 e. The van der Waals surface area contributed by atoms with Gasteiger partial charge in [0.1, 0.15) is 11.6 Å². The Morgan fingerprint density at radius 1 is 1.50 bits per heavy atom. The first-order valence-corrected chi connectivity index (χ1v) is 4.98. The lowest BCUT2D eigenvalue weighted by atomic mass is 10.2. The van der Waals surface area contributed by atoms with E-state index in [4.69, 9.17) is 5.11 Å². The van der Waals surface area contributed by atoms with Crippen molar-refractivity contribution in [2.75, 3.05) is 13.7 Å². The van der Waals surface area contributed by atoms with Crippen LogP contribution >= 0.6 is 0 Å². The number of hydrogen-bond acceptors (Lipinski definition) is 4. The number of rotatable bonds is 5. The zero-order valence-electron chi connectivity index (χ0n) is 9.51. The van der Waals surface area contributed by atoms with Gasteiger partial charge in [-0.3, -0.25) is 4.79 Å². The van der Waals surface area contributed by atoms with Gasteiger partial charge in [0, 0.05) is 7.11 Å². The highest BCUT2D eigenvalue weighted by molar-refractivity contribution is 5.97. The summed E-state index contributed by atoms with van der Waals surface area (Å²) in [6, 6.07) is 2.89. The molecular weight excluding hydrogens is 245 g/mol. The Bertz CT molecular complexity index is 463. The topological polar surface area (TPSA) is 95.9 Å². The van der Waals surface area contributed by atoms with Crippen molar-refractivity contribution in [1.29, 1.82) is 0 Å². The number of amides is 1. The first-order chi connectivity index (χ1) is 8.45. The number of carboxylic acid groups (broad SMARTS) is 1. The number of carbonyl (C=O) groups is 2. The molecule has 0 aromatic heterocycles. The van der Waals surface area contributed by atoms with Gasteiger partial charge < -0.3 is 20.3 Å². The fraction of sp³-hybridized carbons (Fsp3) is 0.273. The molecule has 1 unspecified atom stereocenters. The molecule has 1 aromatic carbocycles. The smallest absolute Gasteiger partial charge is 0.334 e. The van der Waals surface area contributed by atoms with Gasteiger partial charge >= 0.3 is 5.97 Å². The van der Waals surface area contributed by atoms with Crippen molar-refractivity contribution in [2.24, 2.45) is 0 Å². The highest BCUT2D eigenvalue weighted by Crippen LogP contribution is 2.17. The fourth-order valence-corrected chi connectivity index (χ4v) is 1.24. The number of phenols is 1. The Kier molecular flexibility index (Phi) is 4.61. The summed E-state index contributed by atoms with van der Waals surface area (Å²) in [4.78, 5) is 22.2. The number of carbonyl (C=O) groups excluding carboxylic acids is 1. The Morgan fingerprint density at radius 2 is 2.17 bits per heavy atom. The van der Waals surface area contributed by atoms with E-state index in [0.29, 0.717) is 0 Å². The fourth-order valence-electron chi connectivity index (χ4n) is 1.24. The van der Waals surface area contributed by atoms with Crippen LogP contribution in [0.4, 0.5) is 4.39 Å². The summed E-state index contributed by atoms with van der Waals surface area (Å²) in [5.74, 6) is -3.09. The molecule has 0 spiro atoms. The molecule has 0 radical (unpaired) electrons. The summed E-state index contributed by atoms with van der Waals surface area (Å²) < 4.78 is 17.5. The van der Waals surface area contributed by atoms with Crippen molar-refractivity contribution in [2.45, 2.75) is 6.10 Å². The normalized spacial score (nSPS) is 11.9. The average molecular weight is 257 g/mol. The molecule has 0 saturated carbocycles. The third-order valence-corrected chi connectivity index (χ3v) is 2.21. The quantitative estimate of drug-likeness (QED) is 0.707. The van der Waals surface area contributed by atoms with Crippen molar-refractivity contribution in [3.63, 3.8) is 0 Å². The first kappa shape index (κ1) is 13.9. The van der Waals surface area contributed by atoms with E-state index in [0.717, 1.165) is 18.2 Å². The third kappa shape index (κ3) is 3.42. The zero-order chi connectivity index (χ0) is 13.7. The summed E-state index contributed by atoms with van der Waals surface area (Å²) in [7, 11) is 1.19. The van der Waals surface area contributed by atoms with Crippen LogP contribution in [0.15, 0.2) is 18.2 Å². The second kappa shape index (κ2) is 5.97.